The number of carbonyl (C=O) groups excluding carboxylic acids is 1. The maximum atomic E-state index is 11.7. The number of amides is 1. The molecule has 1 heterocycles. The number of hydrogen-bond acceptors (Lipinski definition) is 5. The topological polar surface area (TPSA) is 76.1 Å². The predicted octanol–water partition coefficient (Wildman–Crippen LogP) is 2.12. The fraction of sp³-hybridized carbons (Fsp3) is 0.267. The van der Waals surface area contributed by atoms with Gasteiger partial charge in [0.05, 0.1) is 19.0 Å². The van der Waals surface area contributed by atoms with Crippen LogP contribution in [0.25, 0.3) is 0 Å². The predicted molar refractivity (Wildman–Crippen MR) is 85.0 cm³/mol. The number of nitrogens with zero attached hydrogens (tertiary/aromatic N) is 2. The van der Waals surface area contributed by atoms with E-state index in [1.165, 1.54) is 12.4 Å². The lowest BCUT2D eigenvalue weighted by Gasteiger charge is -2.07. The molecule has 0 aliphatic heterocycles. The van der Waals surface area contributed by atoms with Gasteiger partial charge in [0.15, 0.2) is 0 Å². The lowest BCUT2D eigenvalue weighted by Crippen LogP contribution is -2.27. The average molecular weight is 321 g/mol. The Balaban J connectivity index is 1.86. The molecule has 0 saturated carbocycles. The highest BCUT2D eigenvalue weighted by molar-refractivity contribution is 6.30. The molecular formula is C15H17ClN4O2. The van der Waals surface area contributed by atoms with E-state index in [0.717, 1.165) is 5.56 Å². The number of benzene rings is 1. The molecule has 0 radical (unpaired) electrons. The summed E-state index contributed by atoms with van der Waals surface area (Å²) >= 11 is 5.83. The number of rotatable bonds is 7. The number of aromatic nitrogens is 2. The lowest BCUT2D eigenvalue weighted by atomic mass is 10.2. The summed E-state index contributed by atoms with van der Waals surface area (Å²) in [6, 6.07) is 7.52. The van der Waals surface area contributed by atoms with Crippen LogP contribution in [-0.4, -0.2) is 36.1 Å². The number of methoxy groups -OCH3 is 1. The van der Waals surface area contributed by atoms with Gasteiger partial charge >= 0.3 is 0 Å². The van der Waals surface area contributed by atoms with Crippen LogP contribution in [0.3, 0.4) is 0 Å². The van der Waals surface area contributed by atoms with Gasteiger partial charge in [0, 0.05) is 25.2 Å². The molecule has 1 aromatic carbocycles. The highest BCUT2D eigenvalue weighted by Gasteiger charge is 2.07. The third kappa shape index (κ3) is 4.98. The number of halogens is 1. The summed E-state index contributed by atoms with van der Waals surface area (Å²) < 4.78 is 4.86. The van der Waals surface area contributed by atoms with Crippen molar-refractivity contribution in [2.24, 2.45) is 0 Å². The molecule has 0 bridgehead atoms. The van der Waals surface area contributed by atoms with Crippen LogP contribution in [0.4, 0.5) is 5.82 Å². The molecule has 116 valence electrons. The largest absolute Gasteiger partial charge is 0.383 e. The molecule has 0 atom stereocenters. The van der Waals surface area contributed by atoms with Crippen LogP contribution in [0, 0.1) is 0 Å². The number of ether oxygens (including phenoxy) is 1. The first-order chi connectivity index (χ1) is 10.7. The van der Waals surface area contributed by atoms with Gasteiger partial charge in [-0.1, -0.05) is 23.7 Å². The summed E-state index contributed by atoms with van der Waals surface area (Å²) in [5.74, 6) is 0.331. The molecule has 2 aromatic rings. The van der Waals surface area contributed by atoms with Crippen molar-refractivity contribution in [3.05, 3.63) is 52.9 Å². The van der Waals surface area contributed by atoms with Gasteiger partial charge in [0.1, 0.15) is 11.5 Å². The van der Waals surface area contributed by atoms with E-state index in [4.69, 9.17) is 16.3 Å². The molecule has 0 fully saturated rings. The van der Waals surface area contributed by atoms with Gasteiger partial charge in [-0.05, 0) is 17.7 Å². The molecule has 0 saturated heterocycles. The molecule has 22 heavy (non-hydrogen) atoms. The third-order valence-corrected chi connectivity index (χ3v) is 3.12. The maximum absolute atomic E-state index is 11.7. The zero-order valence-electron chi connectivity index (χ0n) is 12.2. The van der Waals surface area contributed by atoms with Gasteiger partial charge in [-0.15, -0.1) is 0 Å². The van der Waals surface area contributed by atoms with Gasteiger partial charge in [-0.2, -0.15) is 0 Å². The quantitative estimate of drug-likeness (QED) is 0.764. The minimum Gasteiger partial charge on any atom is -0.383 e. The van der Waals surface area contributed by atoms with Crippen LogP contribution in [0.2, 0.25) is 5.02 Å². The van der Waals surface area contributed by atoms with Crippen molar-refractivity contribution in [2.45, 2.75) is 6.54 Å². The third-order valence-electron chi connectivity index (χ3n) is 2.86. The Hall–Kier alpha value is -2.18. The molecule has 0 unspecified atom stereocenters. The van der Waals surface area contributed by atoms with Crippen molar-refractivity contribution in [1.82, 2.24) is 15.3 Å². The Bertz CT molecular complexity index is 602. The van der Waals surface area contributed by atoms with Gasteiger partial charge in [-0.25, -0.2) is 9.97 Å². The average Bonchev–Trinajstić information content (AvgIpc) is 2.55. The van der Waals surface area contributed by atoms with E-state index in [9.17, 15) is 4.79 Å². The van der Waals surface area contributed by atoms with Crippen LogP contribution in [0.5, 0.6) is 0 Å². The summed E-state index contributed by atoms with van der Waals surface area (Å²) in [5, 5.41) is 6.51. The number of nitrogens with one attached hydrogen (secondary N) is 2. The molecule has 7 heteroatoms. The zero-order chi connectivity index (χ0) is 15.8. The molecule has 2 rings (SSSR count). The summed E-state index contributed by atoms with van der Waals surface area (Å²) in [6.07, 6.45) is 2.97. The minimum atomic E-state index is -0.270. The van der Waals surface area contributed by atoms with Crippen molar-refractivity contribution >= 4 is 23.3 Å². The van der Waals surface area contributed by atoms with E-state index in [1.807, 2.05) is 24.3 Å². The van der Waals surface area contributed by atoms with Crippen LogP contribution in [-0.2, 0) is 11.3 Å². The smallest absolute Gasteiger partial charge is 0.271 e. The molecule has 0 aliphatic carbocycles. The summed E-state index contributed by atoms with van der Waals surface area (Å²) in [7, 11) is 1.58. The fourth-order valence-corrected chi connectivity index (χ4v) is 1.81. The van der Waals surface area contributed by atoms with Gasteiger partial charge in [-0.3, -0.25) is 4.79 Å². The highest BCUT2D eigenvalue weighted by Crippen LogP contribution is 2.11. The Morgan fingerprint density at radius 1 is 1.23 bits per heavy atom. The molecule has 1 aromatic heterocycles. The first-order valence-electron chi connectivity index (χ1n) is 6.76. The van der Waals surface area contributed by atoms with E-state index in [-0.39, 0.29) is 11.6 Å². The van der Waals surface area contributed by atoms with Crippen molar-refractivity contribution in [2.75, 3.05) is 25.6 Å². The van der Waals surface area contributed by atoms with E-state index < -0.39 is 0 Å². The molecule has 2 N–H and O–H groups in total. The minimum absolute atomic E-state index is 0.270. The van der Waals surface area contributed by atoms with Crippen molar-refractivity contribution in [1.29, 1.82) is 0 Å². The van der Waals surface area contributed by atoms with Crippen LogP contribution >= 0.6 is 11.6 Å². The fourth-order valence-electron chi connectivity index (χ4n) is 1.69. The Kier molecular flexibility index (Phi) is 6.12. The van der Waals surface area contributed by atoms with E-state index in [0.29, 0.717) is 30.5 Å². The second-order valence-electron chi connectivity index (χ2n) is 4.52. The number of carbonyl (C=O) groups is 1. The molecule has 0 spiro atoms. The summed E-state index contributed by atoms with van der Waals surface area (Å²) in [4.78, 5) is 20.0. The van der Waals surface area contributed by atoms with E-state index >= 15 is 0 Å². The first-order valence-corrected chi connectivity index (χ1v) is 7.14. The van der Waals surface area contributed by atoms with Crippen molar-refractivity contribution < 1.29 is 9.53 Å². The second kappa shape index (κ2) is 8.31. The SMILES string of the molecule is COCCNC(=O)c1cnc(NCc2ccc(Cl)cc2)cn1. The van der Waals surface area contributed by atoms with E-state index in [1.54, 1.807) is 7.11 Å². The molecule has 6 nitrogen and oxygen atoms in total. The Morgan fingerprint density at radius 2 is 2.00 bits per heavy atom. The van der Waals surface area contributed by atoms with Gasteiger partial charge < -0.3 is 15.4 Å². The van der Waals surface area contributed by atoms with Crippen LogP contribution in [0.1, 0.15) is 16.1 Å². The van der Waals surface area contributed by atoms with Crippen LogP contribution < -0.4 is 10.6 Å². The monoisotopic (exact) mass is 320 g/mol. The maximum Gasteiger partial charge on any atom is 0.271 e. The van der Waals surface area contributed by atoms with Crippen LogP contribution in [0.15, 0.2) is 36.7 Å². The number of anilines is 1. The zero-order valence-corrected chi connectivity index (χ0v) is 12.9. The summed E-state index contributed by atoms with van der Waals surface area (Å²) in [5.41, 5.74) is 1.35. The van der Waals surface area contributed by atoms with Gasteiger partial charge in [0.2, 0.25) is 0 Å². The van der Waals surface area contributed by atoms with Crippen molar-refractivity contribution in [3.63, 3.8) is 0 Å². The Labute approximate surface area is 133 Å². The molecule has 1 amide bonds. The highest BCUT2D eigenvalue weighted by atomic mass is 35.5. The second-order valence-corrected chi connectivity index (χ2v) is 4.95. The molecular weight excluding hydrogens is 304 g/mol. The summed E-state index contributed by atoms with van der Waals surface area (Å²) in [6.45, 7) is 1.50. The standard InChI is InChI=1S/C15H17ClN4O2/c1-22-7-6-17-15(21)13-9-20-14(10-18-13)19-8-11-2-4-12(16)5-3-11/h2-5,9-10H,6-8H2,1H3,(H,17,21)(H,19,20). The van der Waals surface area contributed by atoms with E-state index in [2.05, 4.69) is 20.6 Å². The molecule has 0 aliphatic rings. The van der Waals surface area contributed by atoms with Crippen molar-refractivity contribution in [3.8, 4) is 0 Å². The normalized spacial score (nSPS) is 10.3. The Morgan fingerprint density at radius 3 is 2.64 bits per heavy atom. The van der Waals surface area contributed by atoms with Gasteiger partial charge in [0.25, 0.3) is 5.91 Å². The lowest BCUT2D eigenvalue weighted by molar-refractivity contribution is 0.0932. The number of hydrogen-bond donors (Lipinski definition) is 2. The first kappa shape index (κ1) is 16.2.